The van der Waals surface area contributed by atoms with Crippen LogP contribution in [0.3, 0.4) is 0 Å². The molecule has 31 heavy (non-hydrogen) atoms. The Morgan fingerprint density at radius 3 is 2.74 bits per heavy atom. The van der Waals surface area contributed by atoms with Crippen LogP contribution < -0.4 is 5.56 Å². The van der Waals surface area contributed by atoms with E-state index in [1.165, 1.54) is 11.4 Å². The number of aliphatic carboxylic acids is 1. The fraction of sp³-hybridized carbons (Fsp3) is 0.444. The summed E-state index contributed by atoms with van der Waals surface area (Å²) in [5, 5.41) is 11.1. The number of fused-ring (bicyclic) bond motifs is 2. The number of hydrogen-bond donors (Lipinski definition) is 2. The van der Waals surface area contributed by atoms with Crippen LogP contribution in [-0.2, 0) is 25.8 Å². The molecule has 4 rings (SSSR count). The second-order valence-corrected chi connectivity index (χ2v) is 10.1. The second-order valence-electron chi connectivity index (χ2n) is 7.61. The first-order chi connectivity index (χ1) is 14.5. The number of carboxylic acid groups (broad SMARTS) is 1. The van der Waals surface area contributed by atoms with E-state index in [9.17, 15) is 32.7 Å². The van der Waals surface area contributed by atoms with Crippen LogP contribution in [0.15, 0.2) is 22.1 Å². The molecule has 12 nitrogen and oxygen atoms in total. The van der Waals surface area contributed by atoms with Gasteiger partial charge in [-0.3, -0.25) is 24.5 Å². The molecule has 0 saturated carbocycles. The third kappa shape index (κ3) is 2.83. The summed E-state index contributed by atoms with van der Waals surface area (Å²) in [5.74, 6) is -2.67. The molecule has 2 saturated heterocycles. The van der Waals surface area contributed by atoms with Gasteiger partial charge in [-0.1, -0.05) is 6.92 Å². The second kappa shape index (κ2) is 6.83. The van der Waals surface area contributed by atoms with E-state index in [1.54, 1.807) is 6.20 Å². The third-order valence-corrected chi connectivity index (χ3v) is 8.46. The maximum absolute atomic E-state index is 12.8. The number of aromatic amines is 1. The number of ketones is 1. The van der Waals surface area contributed by atoms with Crippen LogP contribution in [0.1, 0.15) is 36.3 Å². The molecule has 0 bridgehead atoms. The Hall–Kier alpha value is -3.35. The lowest BCUT2D eigenvalue weighted by Crippen LogP contribution is -2.57. The van der Waals surface area contributed by atoms with Crippen LogP contribution in [0.25, 0.3) is 5.65 Å². The highest BCUT2D eigenvalue weighted by atomic mass is 32.2. The van der Waals surface area contributed by atoms with Gasteiger partial charge in [0.05, 0.1) is 6.42 Å². The van der Waals surface area contributed by atoms with Gasteiger partial charge >= 0.3 is 5.97 Å². The molecular weight excluding hydrogens is 430 g/mol. The van der Waals surface area contributed by atoms with Crippen molar-refractivity contribution in [1.82, 2.24) is 19.5 Å². The number of nitrogens with zero attached hydrogens (tertiary/aromatic N) is 4. The number of β-lactam (4-membered cyclic amide) rings is 1. The van der Waals surface area contributed by atoms with E-state index in [1.807, 2.05) is 6.92 Å². The summed E-state index contributed by atoms with van der Waals surface area (Å²) in [6.07, 6.45) is 2.82. The topological polar surface area (TPSA) is 171 Å². The first-order valence-corrected chi connectivity index (χ1v) is 11.0. The number of aromatic nitrogens is 3. The normalized spacial score (nSPS) is 26.9. The molecule has 164 valence electrons. The van der Waals surface area contributed by atoms with Gasteiger partial charge in [0.15, 0.2) is 21.5 Å². The minimum atomic E-state index is -4.06. The van der Waals surface area contributed by atoms with Crippen molar-refractivity contribution in [2.75, 3.05) is 6.54 Å². The number of rotatable bonds is 6. The Labute approximate surface area is 175 Å². The number of nitrogens with one attached hydrogen (secondary N) is 1. The van der Waals surface area contributed by atoms with Crippen LogP contribution in [0.5, 0.6) is 0 Å². The Morgan fingerprint density at radius 2 is 2.13 bits per heavy atom. The number of amides is 1. The monoisotopic (exact) mass is 449 g/mol. The van der Waals surface area contributed by atoms with Crippen molar-refractivity contribution in [3.63, 3.8) is 0 Å². The van der Waals surface area contributed by atoms with E-state index in [0.29, 0.717) is 12.1 Å². The number of sulfone groups is 1. The summed E-state index contributed by atoms with van der Waals surface area (Å²) in [6.45, 7) is 2.50. The zero-order chi connectivity index (χ0) is 22.7. The van der Waals surface area contributed by atoms with Crippen LogP contribution in [-0.4, -0.2) is 79.6 Å². The van der Waals surface area contributed by atoms with Crippen molar-refractivity contribution in [2.45, 2.75) is 42.9 Å². The van der Waals surface area contributed by atoms with Gasteiger partial charge in [-0.05, 0) is 13.3 Å². The largest absolute Gasteiger partial charge is 0.480 e. The summed E-state index contributed by atoms with van der Waals surface area (Å²) < 4.78 is 24.9. The summed E-state index contributed by atoms with van der Waals surface area (Å²) in [4.78, 5) is 57.2. The van der Waals surface area contributed by atoms with Crippen molar-refractivity contribution < 1.29 is 27.9 Å². The summed E-state index contributed by atoms with van der Waals surface area (Å²) in [5.41, 5.74) is 0.417. The first-order valence-electron chi connectivity index (χ1n) is 9.44. The van der Waals surface area contributed by atoms with E-state index in [4.69, 9.17) is 0 Å². The molecule has 0 aliphatic carbocycles. The molecule has 2 fully saturated rings. The van der Waals surface area contributed by atoms with Gasteiger partial charge in [0.25, 0.3) is 5.56 Å². The van der Waals surface area contributed by atoms with Gasteiger partial charge in [0.1, 0.15) is 22.4 Å². The maximum Gasteiger partial charge on any atom is 0.328 e. The van der Waals surface area contributed by atoms with E-state index in [-0.39, 0.29) is 12.1 Å². The quantitative estimate of drug-likeness (QED) is 0.322. The molecule has 2 aliphatic rings. The van der Waals surface area contributed by atoms with E-state index >= 15 is 0 Å². The molecule has 4 heterocycles. The maximum atomic E-state index is 12.8. The Kier molecular flexibility index (Phi) is 4.61. The zero-order valence-electron chi connectivity index (χ0n) is 16.6. The molecule has 0 unspecified atom stereocenters. The standard InChI is InChI=1S/C18H19N5O7S/c1-3-9-6-20-23-13(26)4-10(21-16(9)23)11(24)7-19-8-18(2)15(17(27)28)22-12(25)5-14(22)31(18,29)30/h4,6,8,14-15,20H,3,5,7H2,1-2H3,(H,27,28)/t14-,15+,18+/m1/s1. The minimum absolute atomic E-state index is 0.135. The Balaban J connectivity index is 1.63. The van der Waals surface area contributed by atoms with Gasteiger partial charge in [-0.2, -0.15) is 0 Å². The Bertz CT molecular complexity index is 1320. The van der Waals surface area contributed by atoms with Crippen molar-refractivity contribution >= 4 is 39.4 Å². The average Bonchev–Trinajstić information content (AvgIpc) is 3.17. The molecule has 0 radical (unpaired) electrons. The van der Waals surface area contributed by atoms with Crippen molar-refractivity contribution in [3.8, 4) is 0 Å². The van der Waals surface area contributed by atoms with Gasteiger partial charge in [0.2, 0.25) is 11.7 Å². The molecule has 2 aliphatic heterocycles. The lowest BCUT2D eigenvalue weighted by molar-refractivity contribution is -0.156. The number of carboxylic acids is 1. The number of aliphatic imine (C=N–C) groups is 1. The van der Waals surface area contributed by atoms with Crippen molar-refractivity contribution in [3.05, 3.63) is 33.9 Å². The summed E-state index contributed by atoms with van der Waals surface area (Å²) in [6, 6.07) is -0.590. The highest BCUT2D eigenvalue weighted by molar-refractivity contribution is 7.94. The van der Waals surface area contributed by atoms with E-state index in [0.717, 1.165) is 22.7 Å². The lowest BCUT2D eigenvalue weighted by atomic mass is 9.97. The van der Waals surface area contributed by atoms with E-state index < -0.39 is 55.8 Å². The number of Topliss-reactive ketones (excluding diaryl/α,β-unsaturated/α-hetero) is 1. The molecule has 13 heteroatoms. The number of hydrogen-bond acceptors (Lipinski definition) is 8. The number of H-pyrrole nitrogens is 1. The molecule has 0 aromatic carbocycles. The summed E-state index contributed by atoms with van der Waals surface area (Å²) in [7, 11) is -4.06. The zero-order valence-corrected chi connectivity index (χ0v) is 17.4. The molecule has 0 spiro atoms. The highest BCUT2D eigenvalue weighted by Gasteiger charge is 2.69. The highest BCUT2D eigenvalue weighted by Crippen LogP contribution is 2.45. The van der Waals surface area contributed by atoms with Gasteiger partial charge in [-0.15, -0.1) is 0 Å². The number of aryl methyl sites for hydroxylation is 1. The molecule has 2 N–H and O–H groups in total. The molecule has 2 aromatic rings. The van der Waals surface area contributed by atoms with Crippen LogP contribution in [0.4, 0.5) is 0 Å². The molecule has 2 aromatic heterocycles. The molecule has 3 atom stereocenters. The van der Waals surface area contributed by atoms with Crippen LogP contribution in [0.2, 0.25) is 0 Å². The number of carbonyl (C=O) groups excluding carboxylic acids is 2. The fourth-order valence-corrected chi connectivity index (χ4v) is 6.26. The predicted octanol–water partition coefficient (Wildman–Crippen LogP) is -0.963. The summed E-state index contributed by atoms with van der Waals surface area (Å²) >= 11 is 0. The number of carbonyl (C=O) groups is 3. The molecular formula is C18H19N5O7S. The van der Waals surface area contributed by atoms with E-state index in [2.05, 4.69) is 15.1 Å². The minimum Gasteiger partial charge on any atom is -0.480 e. The Morgan fingerprint density at radius 1 is 1.42 bits per heavy atom. The average molecular weight is 449 g/mol. The fourth-order valence-electron chi connectivity index (χ4n) is 4.03. The third-order valence-electron chi connectivity index (χ3n) is 5.80. The smallest absolute Gasteiger partial charge is 0.328 e. The predicted molar refractivity (Wildman–Crippen MR) is 107 cm³/mol. The SMILES string of the molecule is CCc1c[nH]n2c(=O)cc(C(=O)CN=C[C@@]3(C)[C@H](C(=O)O)N4C(=O)C[C@H]4S3(=O)=O)nc12. The lowest BCUT2D eigenvalue weighted by Gasteiger charge is -2.35. The first kappa shape index (κ1) is 20.9. The van der Waals surface area contributed by atoms with Crippen LogP contribution in [0, 0.1) is 0 Å². The van der Waals surface area contributed by atoms with Crippen LogP contribution >= 0.6 is 0 Å². The molecule has 1 amide bonds. The van der Waals surface area contributed by atoms with Gasteiger partial charge in [-0.25, -0.2) is 22.7 Å². The van der Waals surface area contributed by atoms with Gasteiger partial charge in [0, 0.05) is 24.0 Å². The van der Waals surface area contributed by atoms with Gasteiger partial charge < -0.3 is 10.0 Å². The van der Waals surface area contributed by atoms with Crippen molar-refractivity contribution in [2.24, 2.45) is 4.99 Å². The van der Waals surface area contributed by atoms with Crippen molar-refractivity contribution in [1.29, 1.82) is 0 Å².